The van der Waals surface area contributed by atoms with E-state index in [1.807, 2.05) is 13.0 Å². The first kappa shape index (κ1) is 31.7. The first-order valence-corrected chi connectivity index (χ1v) is 15.3. The smallest absolute Gasteiger partial charge is 0.404 e. The molecule has 1 unspecified atom stereocenters. The molecule has 2 amide bonds. The van der Waals surface area contributed by atoms with Crippen molar-refractivity contribution in [3.8, 4) is 0 Å². The molecule has 5 rings (SSSR count). The molecule has 7 atom stereocenters. The Morgan fingerprint density at radius 1 is 1.24 bits per heavy atom. The van der Waals surface area contributed by atoms with Crippen molar-refractivity contribution in [2.75, 3.05) is 6.54 Å². The third-order valence-corrected chi connectivity index (χ3v) is 9.68. The number of rotatable bonds is 15. The minimum atomic E-state index is -0.770. The van der Waals surface area contributed by atoms with Gasteiger partial charge in [0.15, 0.2) is 5.03 Å². The molecule has 0 aromatic carbocycles. The molecule has 3 aliphatic carbocycles. The number of hydrogen-bond donors (Lipinski definition) is 4. The third kappa shape index (κ3) is 6.89. The van der Waals surface area contributed by atoms with E-state index in [0.29, 0.717) is 49.1 Å². The zero-order chi connectivity index (χ0) is 30.1. The van der Waals surface area contributed by atoms with Gasteiger partial charge in [0, 0.05) is 5.57 Å². The van der Waals surface area contributed by atoms with Gasteiger partial charge in [0.1, 0.15) is 6.04 Å². The molecule has 2 heterocycles. The summed E-state index contributed by atoms with van der Waals surface area (Å²) in [5.41, 5.74) is 3.02. The minimum Gasteiger partial charge on any atom is -0.404 e. The van der Waals surface area contributed by atoms with E-state index >= 15 is 0 Å². The van der Waals surface area contributed by atoms with Crippen molar-refractivity contribution in [2.45, 2.75) is 123 Å². The average molecular weight is 577 g/mol. The van der Waals surface area contributed by atoms with Crippen molar-refractivity contribution in [2.24, 2.45) is 23.2 Å². The molecule has 12 nitrogen and oxygen atoms in total. The highest BCUT2D eigenvalue weighted by Gasteiger charge is 2.68. The van der Waals surface area contributed by atoms with Gasteiger partial charge in [-0.1, -0.05) is 47.1 Å². The molecule has 0 spiro atoms. The predicted molar refractivity (Wildman–Crippen MR) is 155 cm³/mol. The number of carbonyl (C=O) groups is 2. The Hall–Kier alpha value is -2.22. The molecule has 5 fully saturated rings. The van der Waals surface area contributed by atoms with E-state index in [-0.39, 0.29) is 34.9 Å². The number of nitro groups is 1. The lowest BCUT2D eigenvalue weighted by atomic mass is 9.43. The Kier molecular flexibility index (Phi) is 9.72. The summed E-state index contributed by atoms with van der Waals surface area (Å²) < 4.78 is 13.2. The predicted octanol–water partition coefficient (Wildman–Crippen LogP) is 2.68. The Bertz CT molecular complexity index is 1030. The standard InChI is InChI=1S/C28H49BN6O6/c1-8-9-11-18(4)24(36)31-20(12-10-13-30-26-33-34(26)35(38)39)25(37)32-23(14-17(2)3)29-40-22-16-19-15-21(27(19,5)6)28(22,7)41-29/h11,17,19-23,26,30,33H,8-10,12-16H2,1-7H3,(H,31,36)(H,32,37)/t19-,20-,21-,22+,23-,26?,28-,34?/m0/s1. The minimum absolute atomic E-state index is 0.0125. The molecule has 13 heteroatoms. The van der Waals surface area contributed by atoms with Crippen LogP contribution in [0, 0.1) is 33.3 Å². The number of hydrogen-bond acceptors (Lipinski definition) is 8. The number of nitrogens with zero attached hydrogens (tertiary/aromatic N) is 2. The molecular formula is C28H49BN6O6. The summed E-state index contributed by atoms with van der Waals surface area (Å²) in [4.78, 5) is 37.5. The van der Waals surface area contributed by atoms with Crippen molar-refractivity contribution >= 4 is 18.9 Å². The Morgan fingerprint density at radius 2 is 1.98 bits per heavy atom. The highest BCUT2D eigenvalue weighted by atomic mass is 16.7. The second-order valence-electron chi connectivity index (χ2n) is 13.5. The number of carbonyl (C=O) groups excluding carboxylic acids is 2. The highest BCUT2D eigenvalue weighted by Crippen LogP contribution is 2.65. The molecule has 2 saturated heterocycles. The maximum Gasteiger partial charge on any atom is 0.481 e. The van der Waals surface area contributed by atoms with Crippen LogP contribution in [0.3, 0.4) is 0 Å². The van der Waals surface area contributed by atoms with Crippen molar-refractivity contribution in [1.29, 1.82) is 0 Å². The fourth-order valence-corrected chi connectivity index (χ4v) is 7.01. The second-order valence-corrected chi connectivity index (χ2v) is 13.5. The molecule has 0 aromatic rings. The summed E-state index contributed by atoms with van der Waals surface area (Å²) in [6, 6.07) is -0.770. The lowest BCUT2D eigenvalue weighted by Crippen LogP contribution is -2.65. The van der Waals surface area contributed by atoms with Crippen LogP contribution in [0.15, 0.2) is 11.6 Å². The van der Waals surface area contributed by atoms with Gasteiger partial charge in [-0.25, -0.2) is 10.1 Å². The molecule has 41 heavy (non-hydrogen) atoms. The molecule has 2 bridgehead atoms. The second kappa shape index (κ2) is 12.6. The van der Waals surface area contributed by atoms with Crippen LogP contribution in [0.2, 0.25) is 0 Å². The average Bonchev–Trinajstić information content (AvgIpc) is 3.59. The van der Waals surface area contributed by atoms with E-state index in [1.165, 1.54) is 0 Å². The van der Waals surface area contributed by atoms with Gasteiger partial charge in [0.25, 0.3) is 0 Å². The highest BCUT2D eigenvalue weighted by molar-refractivity contribution is 6.48. The van der Waals surface area contributed by atoms with Crippen LogP contribution < -0.4 is 21.4 Å². The van der Waals surface area contributed by atoms with Gasteiger partial charge in [0.2, 0.25) is 18.1 Å². The van der Waals surface area contributed by atoms with Crippen LogP contribution in [0.4, 0.5) is 0 Å². The Morgan fingerprint density at radius 3 is 2.59 bits per heavy atom. The molecule has 0 aromatic heterocycles. The van der Waals surface area contributed by atoms with E-state index < -0.39 is 24.5 Å². The van der Waals surface area contributed by atoms with Gasteiger partial charge in [-0.2, -0.15) is 0 Å². The zero-order valence-corrected chi connectivity index (χ0v) is 25.7. The molecule has 230 valence electrons. The summed E-state index contributed by atoms with van der Waals surface area (Å²) in [6.07, 6.45) is 6.78. The van der Waals surface area contributed by atoms with Gasteiger partial charge >= 0.3 is 7.12 Å². The van der Waals surface area contributed by atoms with Gasteiger partial charge in [-0.3, -0.25) is 14.9 Å². The number of nitrogens with one attached hydrogen (secondary N) is 4. The van der Waals surface area contributed by atoms with E-state index in [0.717, 1.165) is 30.8 Å². The molecule has 3 saturated carbocycles. The van der Waals surface area contributed by atoms with Gasteiger partial charge in [-0.15, -0.1) is 5.43 Å². The van der Waals surface area contributed by atoms with Crippen LogP contribution in [0.1, 0.15) is 93.4 Å². The molecule has 2 aliphatic heterocycles. The summed E-state index contributed by atoms with van der Waals surface area (Å²) >= 11 is 0. The van der Waals surface area contributed by atoms with Gasteiger partial charge < -0.3 is 19.9 Å². The number of amides is 2. The Balaban J connectivity index is 1.41. The van der Waals surface area contributed by atoms with Crippen LogP contribution in [0.5, 0.6) is 0 Å². The van der Waals surface area contributed by atoms with Crippen LogP contribution in [-0.2, 0) is 18.9 Å². The maximum absolute atomic E-state index is 13.7. The molecule has 4 N–H and O–H groups in total. The lowest BCUT2D eigenvalue weighted by molar-refractivity contribution is -0.627. The number of unbranched alkanes of at least 4 members (excludes halogenated alkanes) is 1. The quantitative estimate of drug-likeness (QED) is 0.0575. The molecule has 5 aliphatic rings. The largest absolute Gasteiger partial charge is 0.481 e. The van der Waals surface area contributed by atoms with Gasteiger partial charge in [0.05, 0.1) is 17.6 Å². The molecular weight excluding hydrogens is 527 g/mol. The normalized spacial score (nSPS) is 31.3. The van der Waals surface area contributed by atoms with Crippen LogP contribution in [0.25, 0.3) is 0 Å². The fraction of sp³-hybridized carbons (Fsp3) is 0.857. The van der Waals surface area contributed by atoms with Crippen LogP contribution >= 0.6 is 0 Å². The summed E-state index contributed by atoms with van der Waals surface area (Å²) in [5, 5.41) is 20.3. The van der Waals surface area contributed by atoms with E-state index in [2.05, 4.69) is 56.0 Å². The maximum atomic E-state index is 13.7. The number of hydrazine groups is 2. The van der Waals surface area contributed by atoms with Gasteiger partial charge in [-0.05, 0) is 87.2 Å². The Labute approximate surface area is 244 Å². The summed E-state index contributed by atoms with van der Waals surface area (Å²) in [5.74, 6) is 0.434. The third-order valence-electron chi connectivity index (χ3n) is 9.68. The van der Waals surface area contributed by atoms with E-state index in [9.17, 15) is 19.7 Å². The topological polar surface area (TPSA) is 157 Å². The SMILES string of the molecule is CCCC=C(C)C(=O)N[C@@H](CCCNC1NN1[N+](=O)[O-])C(=O)N[C@@H](CC(C)C)B1O[C@@H]2C[C@@H]3C[C@@H](C3(C)C)[C@]2(C)O1. The fourth-order valence-electron chi connectivity index (χ4n) is 7.01. The first-order valence-electron chi connectivity index (χ1n) is 15.3. The summed E-state index contributed by atoms with van der Waals surface area (Å²) in [6.45, 7) is 15.3. The monoisotopic (exact) mass is 576 g/mol. The van der Waals surface area contributed by atoms with E-state index in [4.69, 9.17) is 9.31 Å². The zero-order valence-electron chi connectivity index (χ0n) is 25.7. The summed E-state index contributed by atoms with van der Waals surface area (Å²) in [7, 11) is -0.551. The van der Waals surface area contributed by atoms with Crippen LogP contribution in [-0.4, -0.2) is 65.6 Å². The van der Waals surface area contributed by atoms with Crippen molar-refractivity contribution in [3.63, 3.8) is 0 Å². The first-order chi connectivity index (χ1) is 19.3. The van der Waals surface area contributed by atoms with Crippen molar-refractivity contribution in [3.05, 3.63) is 21.8 Å². The molecule has 0 radical (unpaired) electrons. The number of allylic oxidation sites excluding steroid dienone is 1. The lowest BCUT2D eigenvalue weighted by Gasteiger charge is -2.64. The van der Waals surface area contributed by atoms with Crippen molar-refractivity contribution in [1.82, 2.24) is 26.5 Å². The van der Waals surface area contributed by atoms with E-state index in [1.54, 1.807) is 6.92 Å². The van der Waals surface area contributed by atoms with Crippen molar-refractivity contribution < 1.29 is 23.9 Å².